The zero-order valence-electron chi connectivity index (χ0n) is 16.7. The topological polar surface area (TPSA) is 72.9 Å². The van der Waals surface area contributed by atoms with Crippen molar-refractivity contribution in [1.82, 2.24) is 20.2 Å². The maximum Gasteiger partial charge on any atom is 0.174 e. The molecule has 0 bridgehead atoms. The molecule has 1 N–H and O–H groups in total. The smallest absolute Gasteiger partial charge is 0.174 e. The monoisotopic (exact) mass is 388 g/mol. The third-order valence-corrected chi connectivity index (χ3v) is 4.48. The lowest BCUT2D eigenvalue weighted by Gasteiger charge is -2.11. The van der Waals surface area contributed by atoms with Gasteiger partial charge in [0.05, 0.1) is 30.8 Å². The Morgan fingerprint density at radius 2 is 1.24 bits per heavy atom. The average Bonchev–Trinajstić information content (AvgIpc) is 3.24. The van der Waals surface area contributed by atoms with Crippen LogP contribution in [0.2, 0.25) is 0 Å². The van der Waals surface area contributed by atoms with Crippen molar-refractivity contribution < 1.29 is 9.47 Å². The van der Waals surface area contributed by atoms with E-state index in [2.05, 4.69) is 24.0 Å². The van der Waals surface area contributed by atoms with Crippen LogP contribution in [0.4, 0.5) is 0 Å². The minimum absolute atomic E-state index is 0.665. The first-order chi connectivity index (χ1) is 14.3. The van der Waals surface area contributed by atoms with Crippen molar-refractivity contribution in [3.8, 4) is 34.0 Å². The van der Waals surface area contributed by atoms with Crippen LogP contribution in [0.5, 0.6) is 11.5 Å². The summed E-state index contributed by atoms with van der Waals surface area (Å²) in [6.07, 6.45) is 3.65. The highest BCUT2D eigenvalue weighted by molar-refractivity contribution is 5.84. The second-order valence-corrected chi connectivity index (χ2v) is 6.77. The summed E-state index contributed by atoms with van der Waals surface area (Å²) in [5, 5.41) is 6.99. The molecule has 0 radical (unpaired) electrons. The predicted octanol–water partition coefficient (Wildman–Crippen LogP) is 5.26. The quantitative estimate of drug-likeness (QED) is 0.445. The van der Waals surface area contributed by atoms with E-state index in [0.29, 0.717) is 18.9 Å². The Bertz CT molecular complexity index is 987. The lowest BCUT2D eigenvalue weighted by molar-refractivity contribution is 0.317. The zero-order chi connectivity index (χ0) is 20.1. The van der Waals surface area contributed by atoms with Crippen molar-refractivity contribution in [2.75, 3.05) is 13.2 Å². The summed E-state index contributed by atoms with van der Waals surface area (Å²) < 4.78 is 11.4. The van der Waals surface area contributed by atoms with Crippen LogP contribution in [0.3, 0.4) is 0 Å². The van der Waals surface area contributed by atoms with E-state index < -0.39 is 0 Å². The lowest BCUT2D eigenvalue weighted by Crippen LogP contribution is -1.97. The Labute approximate surface area is 169 Å². The van der Waals surface area contributed by atoms with Gasteiger partial charge in [0, 0.05) is 11.1 Å². The highest BCUT2D eigenvalue weighted by Crippen LogP contribution is 2.32. The second-order valence-electron chi connectivity index (χ2n) is 6.77. The Hall–Kier alpha value is -3.41. The summed E-state index contributed by atoms with van der Waals surface area (Å²) in [5.74, 6) is 1.71. The Kier molecular flexibility index (Phi) is 5.70. The molecule has 0 aliphatic heterocycles. The van der Waals surface area contributed by atoms with Crippen molar-refractivity contribution in [1.29, 1.82) is 0 Å². The summed E-state index contributed by atoms with van der Waals surface area (Å²) >= 11 is 0. The van der Waals surface area contributed by atoms with E-state index in [9.17, 15) is 0 Å². The molecule has 0 aliphatic carbocycles. The Morgan fingerprint density at radius 3 is 1.76 bits per heavy atom. The lowest BCUT2D eigenvalue weighted by atomic mass is 10.0. The summed E-state index contributed by atoms with van der Waals surface area (Å²) in [6.45, 7) is 5.60. The van der Waals surface area contributed by atoms with E-state index in [0.717, 1.165) is 52.4 Å². The number of H-pyrrole nitrogens is 1. The molecule has 29 heavy (non-hydrogen) atoms. The van der Waals surface area contributed by atoms with Crippen LogP contribution in [0, 0.1) is 0 Å². The Balaban J connectivity index is 1.73. The number of nitrogens with zero attached hydrogens (tertiary/aromatic N) is 3. The third-order valence-electron chi connectivity index (χ3n) is 4.48. The van der Waals surface area contributed by atoms with E-state index in [4.69, 9.17) is 19.4 Å². The van der Waals surface area contributed by atoms with Crippen molar-refractivity contribution in [2.45, 2.75) is 26.7 Å². The minimum atomic E-state index is 0.665. The standard InChI is InChI=1S/C23H24N4O2/c1-3-13-28-18-9-5-16(6-10-18)21-22(26-23-20(25-21)15-24-27-23)17-7-11-19(12-8-17)29-14-4-2/h5-12,15H,3-4,13-14H2,1-2H3,(H,24,26,27). The van der Waals surface area contributed by atoms with Crippen LogP contribution in [0.1, 0.15) is 26.7 Å². The Morgan fingerprint density at radius 1 is 0.724 bits per heavy atom. The van der Waals surface area contributed by atoms with Gasteiger partial charge in [0.15, 0.2) is 5.65 Å². The normalized spacial score (nSPS) is 11.0. The van der Waals surface area contributed by atoms with E-state index >= 15 is 0 Å². The second kappa shape index (κ2) is 8.73. The maximum absolute atomic E-state index is 5.70. The van der Waals surface area contributed by atoms with Crippen LogP contribution in [-0.2, 0) is 0 Å². The molecule has 0 spiro atoms. The van der Waals surface area contributed by atoms with Gasteiger partial charge in [0.2, 0.25) is 0 Å². The SMILES string of the molecule is CCCOc1ccc(-c2nc3cn[nH]c3nc2-c2ccc(OCCC)cc2)cc1. The van der Waals surface area contributed by atoms with E-state index in [1.807, 2.05) is 48.5 Å². The molecule has 0 aliphatic rings. The van der Waals surface area contributed by atoms with Gasteiger partial charge >= 0.3 is 0 Å². The molecule has 0 fully saturated rings. The van der Waals surface area contributed by atoms with Gasteiger partial charge in [-0.25, -0.2) is 9.97 Å². The van der Waals surface area contributed by atoms with Crippen LogP contribution in [0.25, 0.3) is 33.7 Å². The molecule has 4 rings (SSSR count). The molecule has 0 saturated carbocycles. The zero-order valence-corrected chi connectivity index (χ0v) is 16.7. The molecule has 0 unspecified atom stereocenters. The van der Waals surface area contributed by atoms with Crippen LogP contribution < -0.4 is 9.47 Å². The summed E-state index contributed by atoms with van der Waals surface area (Å²) in [5.41, 5.74) is 4.95. The first-order valence-electron chi connectivity index (χ1n) is 9.96. The molecule has 4 aromatic rings. The largest absolute Gasteiger partial charge is 0.494 e. The molecule has 6 heteroatoms. The van der Waals surface area contributed by atoms with Gasteiger partial charge in [-0.3, -0.25) is 5.10 Å². The van der Waals surface area contributed by atoms with Crippen LogP contribution in [-0.4, -0.2) is 33.4 Å². The fourth-order valence-electron chi connectivity index (χ4n) is 3.04. The summed E-state index contributed by atoms with van der Waals surface area (Å²) in [4.78, 5) is 9.61. The highest BCUT2D eigenvalue weighted by Gasteiger charge is 2.14. The number of hydrogen-bond donors (Lipinski definition) is 1. The van der Waals surface area contributed by atoms with Crippen LogP contribution >= 0.6 is 0 Å². The van der Waals surface area contributed by atoms with E-state index in [1.165, 1.54) is 0 Å². The first-order valence-corrected chi connectivity index (χ1v) is 9.96. The van der Waals surface area contributed by atoms with Crippen molar-refractivity contribution in [2.24, 2.45) is 0 Å². The van der Waals surface area contributed by atoms with Crippen molar-refractivity contribution in [3.05, 3.63) is 54.7 Å². The number of ether oxygens (including phenoxy) is 2. The molecule has 0 atom stereocenters. The number of hydrogen-bond acceptors (Lipinski definition) is 5. The molecular weight excluding hydrogens is 364 g/mol. The molecule has 2 aromatic carbocycles. The number of rotatable bonds is 8. The number of aromatic nitrogens is 4. The maximum atomic E-state index is 5.70. The summed E-state index contributed by atoms with van der Waals surface area (Å²) in [6, 6.07) is 15.9. The van der Waals surface area contributed by atoms with E-state index in [1.54, 1.807) is 6.20 Å². The third kappa shape index (κ3) is 4.21. The van der Waals surface area contributed by atoms with E-state index in [-0.39, 0.29) is 0 Å². The van der Waals surface area contributed by atoms with Gasteiger partial charge in [-0.1, -0.05) is 13.8 Å². The number of nitrogens with one attached hydrogen (secondary N) is 1. The van der Waals surface area contributed by atoms with Crippen molar-refractivity contribution >= 4 is 11.2 Å². The molecule has 0 saturated heterocycles. The first kappa shape index (κ1) is 18.9. The average molecular weight is 388 g/mol. The molecule has 148 valence electrons. The summed E-state index contributed by atoms with van der Waals surface area (Å²) in [7, 11) is 0. The van der Waals surface area contributed by atoms with Gasteiger partial charge in [-0.2, -0.15) is 5.10 Å². The van der Waals surface area contributed by atoms with Gasteiger partial charge < -0.3 is 9.47 Å². The molecule has 0 amide bonds. The molecule has 2 aromatic heterocycles. The van der Waals surface area contributed by atoms with Gasteiger partial charge in [-0.05, 0) is 61.4 Å². The fraction of sp³-hybridized carbons (Fsp3) is 0.261. The minimum Gasteiger partial charge on any atom is -0.494 e. The van der Waals surface area contributed by atoms with Gasteiger partial charge in [0.1, 0.15) is 17.0 Å². The number of benzene rings is 2. The predicted molar refractivity (Wildman–Crippen MR) is 114 cm³/mol. The van der Waals surface area contributed by atoms with Gasteiger partial charge in [-0.15, -0.1) is 0 Å². The van der Waals surface area contributed by atoms with Crippen molar-refractivity contribution in [3.63, 3.8) is 0 Å². The number of aromatic amines is 1. The number of fused-ring (bicyclic) bond motifs is 1. The highest BCUT2D eigenvalue weighted by atomic mass is 16.5. The van der Waals surface area contributed by atoms with Gasteiger partial charge in [0.25, 0.3) is 0 Å². The molecule has 2 heterocycles. The fourth-order valence-corrected chi connectivity index (χ4v) is 3.04. The molecule has 6 nitrogen and oxygen atoms in total. The van der Waals surface area contributed by atoms with Crippen LogP contribution in [0.15, 0.2) is 54.7 Å². The molecular formula is C23H24N4O2.